The molecule has 0 amide bonds. The number of likely N-dealkylation sites (N-methyl/N-ethyl adjacent to an activating group) is 1. The number of allylic oxidation sites excluding steroid dienone is 1. The molecule has 3 rings (SSSR count). The smallest absolute Gasteiger partial charge is 0.328 e. The first kappa shape index (κ1) is 20.8. The number of benzene rings is 1. The molecule has 0 unspecified atom stereocenters. The highest BCUT2D eigenvalue weighted by atomic mass is 35.5. The molecule has 1 fully saturated rings. The van der Waals surface area contributed by atoms with Crippen LogP contribution < -0.4 is 4.90 Å². The zero-order valence-corrected chi connectivity index (χ0v) is 16.8. The van der Waals surface area contributed by atoms with Crippen LogP contribution in [0.15, 0.2) is 48.7 Å². The summed E-state index contributed by atoms with van der Waals surface area (Å²) in [5.74, 6) is -1.17. The fourth-order valence-electron chi connectivity index (χ4n) is 3.00. The predicted molar refractivity (Wildman–Crippen MR) is 115 cm³/mol. The molecule has 2 heterocycles. The first-order valence-corrected chi connectivity index (χ1v) is 9.62. The Balaban J connectivity index is 1.71. The third-order valence-corrected chi connectivity index (χ3v) is 4.89. The number of carbonyl (C=O) groups excluding carboxylic acids is 1. The number of aliphatic carboxylic acids is 1. The summed E-state index contributed by atoms with van der Waals surface area (Å²) in [5, 5.41) is 9.18. The number of halogens is 1. The van der Waals surface area contributed by atoms with E-state index in [0.29, 0.717) is 16.3 Å². The molecule has 29 heavy (non-hydrogen) atoms. The van der Waals surface area contributed by atoms with Crippen LogP contribution in [0.2, 0.25) is 5.02 Å². The van der Waals surface area contributed by atoms with E-state index in [1.165, 1.54) is 12.2 Å². The molecule has 1 saturated heterocycles. The first-order valence-electron chi connectivity index (χ1n) is 9.24. The van der Waals surface area contributed by atoms with Crippen molar-refractivity contribution in [1.82, 2.24) is 9.88 Å². The van der Waals surface area contributed by atoms with Gasteiger partial charge in [0.05, 0.1) is 5.69 Å². The van der Waals surface area contributed by atoms with Crippen molar-refractivity contribution in [3.05, 3.63) is 70.5 Å². The highest BCUT2D eigenvalue weighted by Gasteiger charge is 2.16. The fourth-order valence-corrected chi connectivity index (χ4v) is 3.23. The molecule has 1 aliphatic heterocycles. The topological polar surface area (TPSA) is 73.7 Å². The van der Waals surface area contributed by atoms with Gasteiger partial charge in [0.25, 0.3) is 0 Å². The van der Waals surface area contributed by atoms with Gasteiger partial charge in [-0.3, -0.25) is 9.78 Å². The normalized spacial score (nSPS) is 15.3. The van der Waals surface area contributed by atoms with Crippen molar-refractivity contribution < 1.29 is 14.7 Å². The number of carboxylic acids is 1. The van der Waals surface area contributed by atoms with Gasteiger partial charge in [0, 0.05) is 54.7 Å². The largest absolute Gasteiger partial charge is 0.478 e. The second kappa shape index (κ2) is 9.49. The van der Waals surface area contributed by atoms with Crippen molar-refractivity contribution in [2.24, 2.45) is 0 Å². The highest BCUT2D eigenvalue weighted by molar-refractivity contribution is 6.31. The number of anilines is 1. The van der Waals surface area contributed by atoms with Gasteiger partial charge in [-0.05, 0) is 55.1 Å². The Hall–Kier alpha value is -2.96. The standard InChI is InChI=1S/C22H22ClN3O3/c1-25-8-10-26(11-9-25)20-13-17(12-18(23)14-20)21(27)6-3-16-2-4-19(24-15-16)5-7-22(28)29/h2-7,12-15H,8-11H2,1H3,(H,28,29). The molecule has 1 aromatic heterocycles. The van der Waals surface area contributed by atoms with E-state index in [9.17, 15) is 9.59 Å². The number of pyridine rings is 1. The lowest BCUT2D eigenvalue weighted by Gasteiger charge is -2.34. The summed E-state index contributed by atoms with van der Waals surface area (Å²) in [6, 6.07) is 8.90. The summed E-state index contributed by atoms with van der Waals surface area (Å²) in [4.78, 5) is 31.8. The first-order chi connectivity index (χ1) is 13.9. The average Bonchev–Trinajstić information content (AvgIpc) is 2.71. The summed E-state index contributed by atoms with van der Waals surface area (Å²) in [6.07, 6.45) is 7.18. The third kappa shape index (κ3) is 6.01. The minimum absolute atomic E-state index is 0.141. The van der Waals surface area contributed by atoms with Crippen molar-refractivity contribution in [1.29, 1.82) is 0 Å². The van der Waals surface area contributed by atoms with Crippen molar-refractivity contribution in [2.45, 2.75) is 0 Å². The van der Waals surface area contributed by atoms with Gasteiger partial charge in [-0.1, -0.05) is 17.7 Å². The number of ketones is 1. The quantitative estimate of drug-likeness (QED) is 0.579. The molecule has 150 valence electrons. The number of rotatable bonds is 6. The predicted octanol–water partition coefficient (Wildman–Crippen LogP) is 3.48. The molecule has 0 radical (unpaired) electrons. The molecular weight excluding hydrogens is 390 g/mol. The maximum Gasteiger partial charge on any atom is 0.328 e. The molecule has 0 atom stereocenters. The molecule has 0 bridgehead atoms. The van der Waals surface area contributed by atoms with Crippen LogP contribution in [-0.2, 0) is 4.79 Å². The lowest BCUT2D eigenvalue weighted by atomic mass is 10.1. The minimum Gasteiger partial charge on any atom is -0.478 e. The molecule has 0 spiro atoms. The maximum absolute atomic E-state index is 12.6. The number of nitrogens with zero attached hydrogens (tertiary/aromatic N) is 3. The van der Waals surface area contributed by atoms with Crippen LogP contribution in [0.5, 0.6) is 0 Å². The molecule has 0 aliphatic carbocycles. The maximum atomic E-state index is 12.6. The van der Waals surface area contributed by atoms with Crippen molar-refractivity contribution in [3.8, 4) is 0 Å². The van der Waals surface area contributed by atoms with E-state index < -0.39 is 5.97 Å². The van der Waals surface area contributed by atoms with Crippen molar-refractivity contribution in [2.75, 3.05) is 38.1 Å². The minimum atomic E-state index is -1.03. The number of carbonyl (C=O) groups is 2. The van der Waals surface area contributed by atoms with Gasteiger partial charge in [0.2, 0.25) is 0 Å². The number of hydrogen-bond acceptors (Lipinski definition) is 5. The molecule has 1 aliphatic rings. The van der Waals surface area contributed by atoms with Crippen LogP contribution in [0, 0.1) is 0 Å². The lowest BCUT2D eigenvalue weighted by molar-refractivity contribution is -0.131. The van der Waals surface area contributed by atoms with Crippen LogP contribution in [-0.4, -0.2) is 60.0 Å². The van der Waals surface area contributed by atoms with Gasteiger partial charge < -0.3 is 14.9 Å². The molecule has 0 saturated carbocycles. The van der Waals surface area contributed by atoms with E-state index in [0.717, 1.165) is 43.5 Å². The van der Waals surface area contributed by atoms with Gasteiger partial charge in [0.1, 0.15) is 0 Å². The Morgan fingerprint density at radius 3 is 2.48 bits per heavy atom. The Kier molecular flexibility index (Phi) is 6.80. The zero-order chi connectivity index (χ0) is 20.8. The fraction of sp³-hybridized carbons (Fsp3) is 0.227. The van der Waals surface area contributed by atoms with E-state index in [4.69, 9.17) is 16.7 Å². The van der Waals surface area contributed by atoms with Gasteiger partial charge in [-0.15, -0.1) is 0 Å². The number of carboxylic acid groups (broad SMARTS) is 1. The molecular formula is C22H22ClN3O3. The van der Waals surface area contributed by atoms with Crippen LogP contribution in [0.3, 0.4) is 0 Å². The van der Waals surface area contributed by atoms with Crippen molar-refractivity contribution >= 4 is 41.2 Å². The highest BCUT2D eigenvalue weighted by Crippen LogP contribution is 2.24. The van der Waals surface area contributed by atoms with E-state index in [2.05, 4.69) is 21.8 Å². The Bertz CT molecular complexity index is 946. The Labute approximate surface area is 174 Å². The Morgan fingerprint density at radius 1 is 1.07 bits per heavy atom. The number of aromatic nitrogens is 1. The van der Waals surface area contributed by atoms with Gasteiger partial charge >= 0.3 is 5.97 Å². The van der Waals surface area contributed by atoms with Gasteiger partial charge in [-0.2, -0.15) is 0 Å². The summed E-state index contributed by atoms with van der Waals surface area (Å²) >= 11 is 6.26. The summed E-state index contributed by atoms with van der Waals surface area (Å²) in [7, 11) is 2.10. The summed E-state index contributed by atoms with van der Waals surface area (Å²) in [5.41, 5.74) is 2.77. The molecule has 1 aromatic carbocycles. The van der Waals surface area contributed by atoms with E-state index >= 15 is 0 Å². The number of piperazine rings is 1. The lowest BCUT2D eigenvalue weighted by Crippen LogP contribution is -2.44. The SMILES string of the molecule is CN1CCN(c2cc(Cl)cc(C(=O)C=Cc3ccc(C=CC(=O)O)nc3)c2)CC1. The van der Waals surface area contributed by atoms with Crippen LogP contribution in [0.4, 0.5) is 5.69 Å². The molecule has 7 heteroatoms. The second-order valence-electron chi connectivity index (χ2n) is 6.87. The number of hydrogen-bond donors (Lipinski definition) is 1. The van der Waals surface area contributed by atoms with Crippen LogP contribution >= 0.6 is 11.6 Å². The van der Waals surface area contributed by atoms with E-state index in [1.807, 2.05) is 12.1 Å². The molecule has 1 N–H and O–H groups in total. The van der Waals surface area contributed by atoms with Crippen LogP contribution in [0.1, 0.15) is 21.6 Å². The average molecular weight is 412 g/mol. The Morgan fingerprint density at radius 2 is 1.83 bits per heavy atom. The van der Waals surface area contributed by atoms with Crippen molar-refractivity contribution in [3.63, 3.8) is 0 Å². The monoisotopic (exact) mass is 411 g/mol. The third-order valence-electron chi connectivity index (χ3n) is 4.67. The van der Waals surface area contributed by atoms with Gasteiger partial charge in [-0.25, -0.2) is 4.79 Å². The molecule has 2 aromatic rings. The van der Waals surface area contributed by atoms with E-state index in [-0.39, 0.29) is 5.78 Å². The second-order valence-corrected chi connectivity index (χ2v) is 7.31. The van der Waals surface area contributed by atoms with Gasteiger partial charge in [0.15, 0.2) is 5.78 Å². The van der Waals surface area contributed by atoms with E-state index in [1.54, 1.807) is 30.5 Å². The zero-order valence-electron chi connectivity index (χ0n) is 16.1. The molecule has 6 nitrogen and oxygen atoms in total. The van der Waals surface area contributed by atoms with Crippen LogP contribution in [0.25, 0.3) is 12.2 Å². The summed E-state index contributed by atoms with van der Waals surface area (Å²) < 4.78 is 0. The summed E-state index contributed by atoms with van der Waals surface area (Å²) in [6.45, 7) is 3.74.